The van der Waals surface area contributed by atoms with Crippen molar-refractivity contribution in [2.75, 3.05) is 23.8 Å². The second kappa shape index (κ2) is 10.5. The number of nitrogens with zero attached hydrogens (tertiary/aromatic N) is 3. The van der Waals surface area contributed by atoms with E-state index < -0.39 is 0 Å². The van der Waals surface area contributed by atoms with Gasteiger partial charge in [0.2, 0.25) is 5.95 Å². The lowest BCUT2D eigenvalue weighted by atomic mass is 10.2. The summed E-state index contributed by atoms with van der Waals surface area (Å²) in [5.41, 5.74) is 3.12. The van der Waals surface area contributed by atoms with Crippen LogP contribution < -0.4 is 10.6 Å². The first-order valence-electron chi connectivity index (χ1n) is 10.8. The van der Waals surface area contributed by atoms with Crippen LogP contribution in [0.1, 0.15) is 34.1 Å². The number of aromatic nitrogens is 3. The van der Waals surface area contributed by atoms with E-state index in [2.05, 4.69) is 20.6 Å². The van der Waals surface area contributed by atoms with Crippen molar-refractivity contribution in [3.63, 3.8) is 0 Å². The largest absolute Gasteiger partial charge is 0.382 e. The number of carbonyl (C=O) groups excluding carboxylic acids is 2. The van der Waals surface area contributed by atoms with Crippen LogP contribution in [0, 0.1) is 0 Å². The summed E-state index contributed by atoms with van der Waals surface area (Å²) < 4.78 is 7.44. The maximum Gasteiger partial charge on any atom is 0.258 e. The van der Waals surface area contributed by atoms with Gasteiger partial charge in [0, 0.05) is 43.4 Å². The summed E-state index contributed by atoms with van der Waals surface area (Å²) in [6, 6.07) is 17.9. The summed E-state index contributed by atoms with van der Waals surface area (Å²) in [6.45, 7) is 3.93. The van der Waals surface area contributed by atoms with Crippen LogP contribution >= 0.6 is 0 Å². The molecule has 0 aliphatic rings. The van der Waals surface area contributed by atoms with E-state index >= 15 is 0 Å². The third kappa shape index (κ3) is 5.42. The van der Waals surface area contributed by atoms with Gasteiger partial charge >= 0.3 is 0 Å². The number of pyridine rings is 1. The molecule has 4 rings (SSSR count). The van der Waals surface area contributed by atoms with Crippen molar-refractivity contribution in [3.8, 4) is 0 Å². The Morgan fingerprint density at radius 2 is 1.79 bits per heavy atom. The number of carbonyl (C=O) groups is 2. The van der Waals surface area contributed by atoms with Crippen molar-refractivity contribution < 1.29 is 14.3 Å². The van der Waals surface area contributed by atoms with Crippen LogP contribution in [0.25, 0.3) is 11.0 Å². The van der Waals surface area contributed by atoms with Crippen molar-refractivity contribution in [3.05, 3.63) is 84.2 Å². The zero-order chi connectivity index (χ0) is 23.0. The highest BCUT2D eigenvalue weighted by Crippen LogP contribution is 2.21. The second-order valence-corrected chi connectivity index (χ2v) is 7.36. The number of fused-ring (bicyclic) bond motifs is 1. The molecule has 0 fully saturated rings. The zero-order valence-corrected chi connectivity index (χ0v) is 18.3. The van der Waals surface area contributed by atoms with Gasteiger partial charge in [0.05, 0.1) is 16.6 Å². The van der Waals surface area contributed by atoms with E-state index in [4.69, 9.17) is 4.74 Å². The molecule has 168 valence electrons. The van der Waals surface area contributed by atoms with Gasteiger partial charge in [-0.05, 0) is 55.8 Å². The zero-order valence-electron chi connectivity index (χ0n) is 18.3. The highest BCUT2D eigenvalue weighted by Gasteiger charge is 2.15. The Morgan fingerprint density at radius 3 is 2.61 bits per heavy atom. The number of benzene rings is 2. The standard InChI is InChI=1S/C25H25N5O3/c1-2-33-15-7-14-30-22-12-4-3-11-21(22)28-25(30)29-23(31)18-8-5-10-20(16-18)27-24(32)19-9-6-13-26-17-19/h3-6,8-13,16-17H,2,7,14-15H2,1H3,(H,27,32)(H,28,29,31). The first-order chi connectivity index (χ1) is 16.2. The molecule has 0 saturated heterocycles. The number of anilines is 2. The topological polar surface area (TPSA) is 98.1 Å². The number of aryl methyl sites for hydroxylation is 1. The first-order valence-corrected chi connectivity index (χ1v) is 10.8. The Labute approximate surface area is 191 Å². The lowest BCUT2D eigenvalue weighted by Crippen LogP contribution is -2.17. The van der Waals surface area contributed by atoms with E-state index in [1.807, 2.05) is 35.8 Å². The molecule has 2 amide bonds. The number of nitrogens with one attached hydrogen (secondary N) is 2. The van der Waals surface area contributed by atoms with Gasteiger partial charge in [-0.3, -0.25) is 19.9 Å². The van der Waals surface area contributed by atoms with Crippen LogP contribution in [0.15, 0.2) is 73.1 Å². The third-order valence-corrected chi connectivity index (χ3v) is 5.06. The molecular weight excluding hydrogens is 418 g/mol. The second-order valence-electron chi connectivity index (χ2n) is 7.36. The highest BCUT2D eigenvalue weighted by atomic mass is 16.5. The Balaban J connectivity index is 1.51. The summed E-state index contributed by atoms with van der Waals surface area (Å²) in [4.78, 5) is 34.0. The SMILES string of the molecule is CCOCCCn1c(NC(=O)c2cccc(NC(=O)c3cccnc3)c2)nc2ccccc21. The molecular formula is C25H25N5O3. The molecule has 0 atom stereocenters. The number of amides is 2. The van der Waals surface area contributed by atoms with Crippen LogP contribution in [0.4, 0.5) is 11.6 Å². The van der Waals surface area contributed by atoms with Gasteiger partial charge in [0.1, 0.15) is 0 Å². The quantitative estimate of drug-likeness (QED) is 0.375. The van der Waals surface area contributed by atoms with E-state index in [1.165, 1.54) is 6.20 Å². The summed E-state index contributed by atoms with van der Waals surface area (Å²) in [7, 11) is 0. The number of hydrogen-bond donors (Lipinski definition) is 2. The van der Waals surface area contributed by atoms with Crippen molar-refractivity contribution in [2.45, 2.75) is 19.9 Å². The average Bonchev–Trinajstić information content (AvgIpc) is 3.19. The first kappa shape index (κ1) is 22.2. The van der Waals surface area contributed by atoms with Gasteiger partial charge in [0.15, 0.2) is 0 Å². The fourth-order valence-electron chi connectivity index (χ4n) is 3.48. The minimum absolute atomic E-state index is 0.295. The van der Waals surface area contributed by atoms with Gasteiger partial charge in [-0.1, -0.05) is 18.2 Å². The predicted molar refractivity (Wildman–Crippen MR) is 127 cm³/mol. The fourth-order valence-corrected chi connectivity index (χ4v) is 3.48. The number of hydrogen-bond acceptors (Lipinski definition) is 5. The maximum atomic E-state index is 13.0. The van der Waals surface area contributed by atoms with Crippen molar-refractivity contribution >= 4 is 34.5 Å². The van der Waals surface area contributed by atoms with Crippen LogP contribution in [0.5, 0.6) is 0 Å². The fraction of sp³-hybridized carbons (Fsp3) is 0.200. The highest BCUT2D eigenvalue weighted by molar-refractivity contribution is 6.07. The minimum atomic E-state index is -0.311. The molecule has 0 spiro atoms. The molecule has 2 N–H and O–H groups in total. The molecule has 0 unspecified atom stereocenters. The third-order valence-electron chi connectivity index (χ3n) is 5.06. The minimum Gasteiger partial charge on any atom is -0.382 e. The van der Waals surface area contributed by atoms with Crippen LogP contribution in [0.2, 0.25) is 0 Å². The van der Waals surface area contributed by atoms with Gasteiger partial charge in [-0.2, -0.15) is 0 Å². The monoisotopic (exact) mass is 443 g/mol. The molecule has 33 heavy (non-hydrogen) atoms. The number of rotatable bonds is 9. The van der Waals surface area contributed by atoms with Gasteiger partial charge < -0.3 is 14.6 Å². The maximum absolute atomic E-state index is 13.0. The smallest absolute Gasteiger partial charge is 0.258 e. The van der Waals surface area contributed by atoms with Gasteiger partial charge in [0.25, 0.3) is 11.8 Å². The molecule has 8 nitrogen and oxygen atoms in total. The summed E-state index contributed by atoms with van der Waals surface area (Å²) in [6.07, 6.45) is 3.89. The molecule has 0 radical (unpaired) electrons. The van der Waals surface area contributed by atoms with E-state index in [-0.39, 0.29) is 11.8 Å². The molecule has 2 heterocycles. The molecule has 8 heteroatoms. The Bertz CT molecular complexity index is 1250. The summed E-state index contributed by atoms with van der Waals surface area (Å²) in [5, 5.41) is 5.72. The molecule has 0 saturated carbocycles. The number of ether oxygens (including phenoxy) is 1. The molecule has 2 aromatic heterocycles. The average molecular weight is 444 g/mol. The van der Waals surface area contributed by atoms with E-state index in [1.54, 1.807) is 42.6 Å². The van der Waals surface area contributed by atoms with E-state index in [9.17, 15) is 9.59 Å². The predicted octanol–water partition coefficient (Wildman–Crippen LogP) is 4.36. The van der Waals surface area contributed by atoms with Crippen molar-refractivity contribution in [2.24, 2.45) is 0 Å². The van der Waals surface area contributed by atoms with E-state index in [0.29, 0.717) is 42.5 Å². The summed E-state index contributed by atoms with van der Waals surface area (Å²) >= 11 is 0. The molecule has 0 aliphatic carbocycles. The normalized spacial score (nSPS) is 10.8. The lowest BCUT2D eigenvalue weighted by molar-refractivity contribution is 0.101. The molecule has 0 bridgehead atoms. The van der Waals surface area contributed by atoms with Gasteiger partial charge in [-0.25, -0.2) is 4.98 Å². The molecule has 4 aromatic rings. The Kier molecular flexibility index (Phi) is 7.06. The van der Waals surface area contributed by atoms with Crippen molar-refractivity contribution in [1.82, 2.24) is 14.5 Å². The van der Waals surface area contributed by atoms with Gasteiger partial charge in [-0.15, -0.1) is 0 Å². The van der Waals surface area contributed by atoms with Crippen LogP contribution in [-0.2, 0) is 11.3 Å². The molecule has 0 aliphatic heterocycles. The lowest BCUT2D eigenvalue weighted by Gasteiger charge is -2.11. The van der Waals surface area contributed by atoms with Crippen molar-refractivity contribution in [1.29, 1.82) is 0 Å². The number of imidazole rings is 1. The Morgan fingerprint density at radius 1 is 0.970 bits per heavy atom. The Hall–Kier alpha value is -4.04. The van der Waals surface area contributed by atoms with Crippen LogP contribution in [0.3, 0.4) is 0 Å². The van der Waals surface area contributed by atoms with E-state index in [0.717, 1.165) is 17.5 Å². The molecule has 2 aromatic carbocycles. The van der Waals surface area contributed by atoms with Crippen LogP contribution in [-0.4, -0.2) is 39.6 Å². The number of para-hydroxylation sites is 2. The summed E-state index contributed by atoms with van der Waals surface area (Å²) in [5.74, 6) is -0.131.